The molecule has 0 aromatic heterocycles. The van der Waals surface area contributed by atoms with Crippen molar-refractivity contribution in [1.29, 1.82) is 0 Å². The second-order valence-corrected chi connectivity index (χ2v) is 8.45. The number of amidine groups is 1. The second kappa shape index (κ2) is 7.96. The summed E-state index contributed by atoms with van der Waals surface area (Å²) in [6, 6.07) is 11.2. The number of aromatic hydroxyl groups is 1. The molecule has 1 saturated heterocycles. The second-order valence-electron chi connectivity index (χ2n) is 5.02. The van der Waals surface area contributed by atoms with E-state index in [2.05, 4.69) is 32.9 Å². The first-order valence-corrected chi connectivity index (χ1v) is 10.1. The van der Waals surface area contributed by atoms with Crippen molar-refractivity contribution < 1.29 is 14.6 Å². The topological polar surface area (TPSA) is 70.9 Å². The van der Waals surface area contributed by atoms with Crippen LogP contribution in [0.25, 0.3) is 6.08 Å². The number of hydrogen-bond donors (Lipinski definition) is 2. The fourth-order valence-electron chi connectivity index (χ4n) is 2.13. The largest absolute Gasteiger partial charge is 0.504 e. The van der Waals surface area contributed by atoms with Gasteiger partial charge in [0.2, 0.25) is 0 Å². The molecule has 0 unspecified atom stereocenters. The highest BCUT2D eigenvalue weighted by Crippen LogP contribution is 2.35. The van der Waals surface area contributed by atoms with Gasteiger partial charge in [-0.1, -0.05) is 6.07 Å². The third-order valence-corrected chi connectivity index (χ3v) is 5.66. The van der Waals surface area contributed by atoms with Crippen LogP contribution >= 0.6 is 56.9 Å². The number of benzene rings is 2. The van der Waals surface area contributed by atoms with E-state index in [9.17, 15) is 9.90 Å². The number of nitrogens with one attached hydrogen (secondary N) is 1. The molecule has 0 bridgehead atoms. The molecule has 0 radical (unpaired) electrons. The highest BCUT2D eigenvalue weighted by Gasteiger charge is 2.24. The number of amides is 1. The van der Waals surface area contributed by atoms with Crippen molar-refractivity contribution in [1.82, 2.24) is 5.32 Å². The molecule has 0 spiro atoms. The molecule has 25 heavy (non-hydrogen) atoms. The maximum atomic E-state index is 12.2. The van der Waals surface area contributed by atoms with Crippen LogP contribution in [0.4, 0.5) is 5.69 Å². The summed E-state index contributed by atoms with van der Waals surface area (Å²) in [4.78, 5) is 17.2. The monoisotopic (exact) mass is 578 g/mol. The van der Waals surface area contributed by atoms with Crippen molar-refractivity contribution in [3.8, 4) is 11.5 Å². The number of methoxy groups -OCH3 is 1. The van der Waals surface area contributed by atoms with Gasteiger partial charge in [-0.2, -0.15) is 0 Å². The van der Waals surface area contributed by atoms with E-state index < -0.39 is 0 Å². The van der Waals surface area contributed by atoms with Gasteiger partial charge in [0.1, 0.15) is 0 Å². The summed E-state index contributed by atoms with van der Waals surface area (Å²) in [5.74, 6) is 0.265. The zero-order chi connectivity index (χ0) is 18.0. The molecule has 0 saturated carbocycles. The van der Waals surface area contributed by atoms with Crippen molar-refractivity contribution >= 4 is 79.8 Å². The molecule has 128 valence electrons. The fourth-order valence-corrected chi connectivity index (χ4v) is 4.12. The number of aliphatic imine (C=N–C) groups is 1. The van der Waals surface area contributed by atoms with Gasteiger partial charge in [0, 0.05) is 3.57 Å². The molecule has 3 rings (SSSR count). The minimum atomic E-state index is -0.198. The average Bonchev–Trinajstić information content (AvgIpc) is 2.90. The predicted octanol–water partition coefficient (Wildman–Crippen LogP) is 4.50. The summed E-state index contributed by atoms with van der Waals surface area (Å²) in [5, 5.41) is 13.2. The maximum absolute atomic E-state index is 12.2. The van der Waals surface area contributed by atoms with Crippen molar-refractivity contribution in [2.24, 2.45) is 4.99 Å². The Morgan fingerprint density at radius 3 is 2.80 bits per heavy atom. The Morgan fingerprint density at radius 1 is 1.28 bits per heavy atom. The molecule has 1 aliphatic heterocycles. The zero-order valence-electron chi connectivity index (χ0n) is 12.9. The molecule has 1 aliphatic rings. The molecule has 1 heterocycles. The number of rotatable bonds is 3. The Labute approximate surface area is 176 Å². The Kier molecular flexibility index (Phi) is 5.89. The zero-order valence-corrected chi connectivity index (χ0v) is 18.0. The lowest BCUT2D eigenvalue weighted by Gasteiger charge is -2.06. The first-order valence-electron chi connectivity index (χ1n) is 7.08. The minimum absolute atomic E-state index is 0.0923. The summed E-state index contributed by atoms with van der Waals surface area (Å²) in [5.41, 5.74) is 1.56. The Balaban J connectivity index is 1.88. The van der Waals surface area contributed by atoms with E-state index in [4.69, 9.17) is 4.74 Å². The van der Waals surface area contributed by atoms with E-state index in [1.165, 1.54) is 18.9 Å². The number of phenols is 1. The van der Waals surface area contributed by atoms with Crippen LogP contribution in [0.2, 0.25) is 0 Å². The molecule has 0 atom stereocenters. The number of carbonyl (C=O) groups is 1. The van der Waals surface area contributed by atoms with E-state index in [-0.39, 0.29) is 11.7 Å². The van der Waals surface area contributed by atoms with Gasteiger partial charge in [0.25, 0.3) is 5.91 Å². The molecule has 1 fully saturated rings. The van der Waals surface area contributed by atoms with Crippen LogP contribution in [0.3, 0.4) is 0 Å². The first-order chi connectivity index (χ1) is 12.0. The third kappa shape index (κ3) is 4.47. The van der Waals surface area contributed by atoms with Crippen LogP contribution < -0.4 is 10.1 Å². The van der Waals surface area contributed by atoms with Crippen LogP contribution in [0, 0.1) is 7.14 Å². The lowest BCUT2D eigenvalue weighted by atomic mass is 10.2. The Hall–Kier alpha value is -1.27. The average molecular weight is 578 g/mol. The molecule has 5 nitrogen and oxygen atoms in total. The van der Waals surface area contributed by atoms with Gasteiger partial charge in [-0.3, -0.25) is 4.79 Å². The van der Waals surface area contributed by atoms with E-state index in [0.29, 0.717) is 19.4 Å². The smallest absolute Gasteiger partial charge is 0.264 e. The minimum Gasteiger partial charge on any atom is -0.504 e. The lowest BCUT2D eigenvalue weighted by molar-refractivity contribution is -0.115. The number of nitrogens with zero attached hydrogens (tertiary/aromatic N) is 1. The summed E-state index contributed by atoms with van der Waals surface area (Å²) >= 11 is 5.52. The molecule has 2 N–H and O–H groups in total. The standard InChI is InChI=1S/C17H12I2N2O3S/c1-24-13-6-9(5-12(19)15(13)22)7-14-16(23)21-17(25-14)20-11-4-2-3-10(18)8-11/h2-8,22H,1H3,(H,20,21,23)/b14-7+. The van der Waals surface area contributed by atoms with Gasteiger partial charge in [0.05, 0.1) is 21.3 Å². The number of phenolic OH excluding ortho intramolecular Hbond substituents is 1. The molecule has 1 amide bonds. The number of thioether (sulfide) groups is 1. The predicted molar refractivity (Wildman–Crippen MR) is 117 cm³/mol. The normalized spacial score (nSPS) is 17.2. The van der Waals surface area contributed by atoms with Crippen LogP contribution in [-0.4, -0.2) is 23.3 Å². The summed E-state index contributed by atoms with van der Waals surface area (Å²) in [6.45, 7) is 0. The van der Waals surface area contributed by atoms with Gasteiger partial charge in [-0.05, 0) is 98.9 Å². The molecule has 8 heteroatoms. The maximum Gasteiger partial charge on any atom is 0.264 e. The van der Waals surface area contributed by atoms with Crippen LogP contribution in [0.5, 0.6) is 11.5 Å². The van der Waals surface area contributed by atoms with Gasteiger partial charge < -0.3 is 15.2 Å². The number of ether oxygens (including phenoxy) is 1. The van der Waals surface area contributed by atoms with Crippen molar-refractivity contribution in [2.45, 2.75) is 0 Å². The highest BCUT2D eigenvalue weighted by atomic mass is 127. The quantitative estimate of drug-likeness (QED) is 0.416. The Bertz CT molecular complexity index is 913. The first kappa shape index (κ1) is 18.5. The molecular formula is C17H12I2N2O3S. The van der Waals surface area contributed by atoms with Crippen molar-refractivity contribution in [3.63, 3.8) is 0 Å². The fraction of sp³-hybridized carbons (Fsp3) is 0.0588. The SMILES string of the molecule is COc1cc(/C=C2/SC(=Nc3cccc(I)c3)NC2=O)cc(I)c1O. The number of hydrogen-bond acceptors (Lipinski definition) is 5. The highest BCUT2D eigenvalue weighted by molar-refractivity contribution is 14.1. The third-order valence-electron chi connectivity index (χ3n) is 3.26. The van der Waals surface area contributed by atoms with E-state index in [0.717, 1.165) is 14.8 Å². The van der Waals surface area contributed by atoms with Gasteiger partial charge in [0.15, 0.2) is 16.7 Å². The van der Waals surface area contributed by atoms with Crippen molar-refractivity contribution in [3.05, 3.63) is 54.0 Å². The van der Waals surface area contributed by atoms with Gasteiger partial charge in [-0.15, -0.1) is 0 Å². The number of halogens is 2. The van der Waals surface area contributed by atoms with Crippen LogP contribution in [-0.2, 0) is 4.79 Å². The molecule has 2 aromatic rings. The Morgan fingerprint density at radius 2 is 2.08 bits per heavy atom. The number of carbonyl (C=O) groups excluding carboxylic acids is 1. The van der Waals surface area contributed by atoms with Crippen LogP contribution in [0.15, 0.2) is 46.3 Å². The summed E-state index contributed by atoms with van der Waals surface area (Å²) in [6.07, 6.45) is 1.75. The van der Waals surface area contributed by atoms with E-state index in [1.54, 1.807) is 18.2 Å². The summed E-state index contributed by atoms with van der Waals surface area (Å²) in [7, 11) is 1.49. The van der Waals surface area contributed by atoms with E-state index in [1.807, 2.05) is 46.9 Å². The summed E-state index contributed by atoms with van der Waals surface area (Å²) < 4.78 is 6.88. The molecule has 2 aromatic carbocycles. The van der Waals surface area contributed by atoms with Crippen molar-refractivity contribution in [2.75, 3.05) is 7.11 Å². The van der Waals surface area contributed by atoms with Gasteiger partial charge >= 0.3 is 0 Å². The van der Waals surface area contributed by atoms with E-state index >= 15 is 0 Å². The molecular weight excluding hydrogens is 566 g/mol. The van der Waals surface area contributed by atoms with Crippen LogP contribution in [0.1, 0.15) is 5.56 Å². The van der Waals surface area contributed by atoms with Gasteiger partial charge in [-0.25, -0.2) is 4.99 Å². The molecule has 0 aliphatic carbocycles. The lowest BCUT2D eigenvalue weighted by Crippen LogP contribution is -2.19.